The van der Waals surface area contributed by atoms with Gasteiger partial charge >= 0.3 is 5.97 Å². The highest BCUT2D eigenvalue weighted by Gasteiger charge is 2.38. The van der Waals surface area contributed by atoms with E-state index in [4.69, 9.17) is 17.2 Å². The Morgan fingerprint density at radius 3 is 1.27 bits per heavy atom. The van der Waals surface area contributed by atoms with Crippen molar-refractivity contribution in [2.75, 3.05) is 12.0 Å². The van der Waals surface area contributed by atoms with Crippen LogP contribution >= 0.6 is 11.8 Å². The molecule has 11 atom stereocenters. The highest BCUT2D eigenvalue weighted by Crippen LogP contribution is 2.17. The number of carbonyl (C=O) groups excluding carboxylic acids is 11. The van der Waals surface area contributed by atoms with Crippen molar-refractivity contribution in [1.82, 2.24) is 47.9 Å². The van der Waals surface area contributed by atoms with Gasteiger partial charge in [0, 0.05) is 19.3 Å². The summed E-state index contributed by atoms with van der Waals surface area (Å²) in [6.45, 7) is 10.0. The normalized spacial score (nSPS) is 14.7. The van der Waals surface area contributed by atoms with Gasteiger partial charge in [0.15, 0.2) is 0 Å². The van der Waals surface area contributed by atoms with Crippen LogP contribution in [0.15, 0.2) is 109 Å². The molecule has 0 spiro atoms. The average molecular weight is 1320 g/mol. The second-order valence-corrected chi connectivity index (χ2v) is 24.8. The Bertz CT molecular complexity index is 3220. The molecular weight excluding hydrogens is 1230 g/mol. The molecule has 4 aromatic rings. The summed E-state index contributed by atoms with van der Waals surface area (Å²) in [5, 5.41) is 53.2. The molecule has 27 nitrogen and oxygen atoms in total. The molecule has 0 aliphatic carbocycles. The lowest BCUT2D eigenvalue weighted by Crippen LogP contribution is -2.62. The van der Waals surface area contributed by atoms with Gasteiger partial charge in [-0.2, -0.15) is 11.8 Å². The van der Waals surface area contributed by atoms with Gasteiger partial charge in [0.1, 0.15) is 65.9 Å². The fourth-order valence-corrected chi connectivity index (χ4v) is 10.3. The largest absolute Gasteiger partial charge is 0.508 e. The lowest BCUT2D eigenvalue weighted by Gasteiger charge is -2.29. The van der Waals surface area contributed by atoms with Gasteiger partial charge in [-0.1, -0.05) is 133 Å². The van der Waals surface area contributed by atoms with Gasteiger partial charge in [-0.25, -0.2) is 0 Å². The molecule has 28 heteroatoms. The maximum Gasteiger partial charge on any atom is 0.305 e. The molecule has 4 aromatic carbocycles. The van der Waals surface area contributed by atoms with Crippen LogP contribution in [0.3, 0.4) is 0 Å². The molecule has 0 radical (unpaired) electrons. The molecule has 0 aliphatic heterocycles. The van der Waals surface area contributed by atoms with Crippen LogP contribution in [-0.2, 0) is 83.2 Å². The van der Waals surface area contributed by atoms with Gasteiger partial charge in [0.2, 0.25) is 65.0 Å². The molecule has 510 valence electrons. The van der Waals surface area contributed by atoms with Crippen LogP contribution in [0, 0.1) is 17.8 Å². The SMILES string of the molecule is CC[C@H](C)[C@H](NC(=O)[C@@H](N)Cc1ccccc1)C(=O)N[C@@H](CC(=O)O)C(=O)N[C@@H](CC(C)C)C(=O)N[C@@H](CC(N)=O)C(=O)N[C@@H](Cc1ccc(O)cc1)C(=O)N[C@@H](CCSC)C(=O)N[C@H](C(=O)N[C@@H](Cc1ccc(O)cc1)C(=O)N[C@@H](Cc1ccccc1)C(N)=O)C(C)C. The predicted molar refractivity (Wildman–Crippen MR) is 351 cm³/mol. The molecule has 0 unspecified atom stereocenters. The number of carbonyl (C=O) groups is 12. The zero-order valence-electron chi connectivity index (χ0n) is 53.8. The second kappa shape index (κ2) is 38.4. The summed E-state index contributed by atoms with van der Waals surface area (Å²) in [4.78, 5) is 165. The number of aromatic hydroxyl groups is 2. The molecule has 4 rings (SSSR count). The topological polar surface area (TPSA) is 452 Å². The van der Waals surface area contributed by atoms with E-state index in [1.165, 1.54) is 60.3 Å². The molecular formula is C66H90N12O15S. The minimum atomic E-state index is -1.85. The van der Waals surface area contributed by atoms with Crippen molar-refractivity contribution in [2.24, 2.45) is 35.0 Å². The molecule has 18 N–H and O–H groups in total. The van der Waals surface area contributed by atoms with Crippen molar-refractivity contribution in [3.8, 4) is 11.5 Å². The first-order valence-electron chi connectivity index (χ1n) is 30.9. The van der Waals surface area contributed by atoms with Crippen molar-refractivity contribution >= 4 is 82.7 Å². The van der Waals surface area contributed by atoms with Crippen molar-refractivity contribution in [1.29, 1.82) is 0 Å². The number of phenols is 2. The number of thioether (sulfide) groups is 1. The number of nitrogens with one attached hydrogen (secondary N) is 9. The molecule has 0 bridgehead atoms. The summed E-state index contributed by atoms with van der Waals surface area (Å²) < 4.78 is 0. The molecule has 0 aliphatic rings. The molecule has 0 aromatic heterocycles. The highest BCUT2D eigenvalue weighted by atomic mass is 32.2. The van der Waals surface area contributed by atoms with E-state index in [1.54, 1.807) is 108 Å². The Kier molecular flexibility index (Phi) is 31.4. The van der Waals surface area contributed by atoms with Crippen LogP contribution < -0.4 is 65.1 Å². The second-order valence-electron chi connectivity index (χ2n) is 23.8. The smallest absolute Gasteiger partial charge is 0.305 e. The average Bonchev–Trinajstić information content (AvgIpc) is 1.25. The highest BCUT2D eigenvalue weighted by molar-refractivity contribution is 7.98. The lowest BCUT2D eigenvalue weighted by molar-refractivity contribution is -0.142. The Labute approximate surface area is 550 Å². The molecule has 0 saturated heterocycles. The number of amides is 11. The summed E-state index contributed by atoms with van der Waals surface area (Å²) >= 11 is 1.32. The number of benzene rings is 4. The zero-order valence-corrected chi connectivity index (χ0v) is 54.7. The first-order chi connectivity index (χ1) is 44.5. The Morgan fingerprint density at radius 2 is 0.809 bits per heavy atom. The van der Waals surface area contributed by atoms with E-state index in [2.05, 4.69) is 47.9 Å². The summed E-state index contributed by atoms with van der Waals surface area (Å²) in [7, 11) is 0. The third-order valence-electron chi connectivity index (χ3n) is 15.3. The zero-order chi connectivity index (χ0) is 69.8. The first-order valence-corrected chi connectivity index (χ1v) is 32.3. The number of nitrogens with two attached hydrogens (primary N) is 3. The van der Waals surface area contributed by atoms with Gasteiger partial charge < -0.3 is 80.4 Å². The van der Waals surface area contributed by atoms with E-state index in [-0.39, 0.29) is 61.7 Å². The van der Waals surface area contributed by atoms with E-state index >= 15 is 0 Å². The van der Waals surface area contributed by atoms with Gasteiger partial charge in [-0.3, -0.25) is 57.5 Å². The third-order valence-corrected chi connectivity index (χ3v) is 15.9. The monoisotopic (exact) mass is 1320 g/mol. The lowest BCUT2D eigenvalue weighted by atomic mass is 9.96. The van der Waals surface area contributed by atoms with Gasteiger partial charge in [-0.15, -0.1) is 0 Å². The van der Waals surface area contributed by atoms with Crippen molar-refractivity contribution in [3.63, 3.8) is 0 Å². The van der Waals surface area contributed by atoms with E-state index in [9.17, 15) is 72.9 Å². The van der Waals surface area contributed by atoms with Gasteiger partial charge in [-0.05, 0) is 95.5 Å². The quantitative estimate of drug-likeness (QED) is 0.0287. The van der Waals surface area contributed by atoms with Gasteiger partial charge in [0.25, 0.3) is 0 Å². The van der Waals surface area contributed by atoms with E-state index < -0.39 is 156 Å². The fraction of sp³-hybridized carbons (Fsp3) is 0.455. The van der Waals surface area contributed by atoms with Crippen molar-refractivity contribution in [2.45, 2.75) is 160 Å². The fourth-order valence-electron chi connectivity index (χ4n) is 9.82. The van der Waals surface area contributed by atoms with Crippen LogP contribution in [0.2, 0.25) is 0 Å². The standard InChI is InChI=1S/C66H90N12O15S/c1-8-38(6)56(78-58(85)45(67)30-39-15-11-9-12-16-39)66(93)76-52(35-54(82)83)64(91)72-48(29-36(2)3)60(87)74-51(34-53(68)81)63(90)73-49(32-41-19-23-43(79)24-20-41)61(88)70-46(27-28-94-7)59(86)77-55(37(4)5)65(92)75-50(33-42-21-25-44(80)26-22-42)62(89)71-47(57(69)84)31-40-17-13-10-14-18-40/h9-26,36-38,45-52,55-56,79-80H,8,27-35,67H2,1-7H3,(H2,68,81)(H2,69,84)(H,70,88)(H,71,89)(H,72,91)(H,73,90)(H,74,87)(H,75,92)(H,76,93)(H,77,86)(H,78,85)(H,82,83)/t38-,45-,46-,47-,48-,49-,50-,51-,52-,55-,56-/m0/s1. The maximum atomic E-state index is 14.7. The van der Waals surface area contributed by atoms with Crippen molar-refractivity contribution in [3.05, 3.63) is 131 Å². The number of carboxylic acids is 1. The Balaban J connectivity index is 1.59. The number of phenolic OH excluding ortho intramolecular Hbond substituents is 2. The summed E-state index contributed by atoms with van der Waals surface area (Å²) in [5.41, 5.74) is 19.9. The van der Waals surface area contributed by atoms with E-state index in [0.717, 1.165) is 5.56 Å². The predicted octanol–water partition coefficient (Wildman–Crippen LogP) is 0.396. The number of aliphatic carboxylic acids is 1. The summed E-state index contributed by atoms with van der Waals surface area (Å²) in [6.07, 6.45) is -0.223. The van der Waals surface area contributed by atoms with Crippen molar-refractivity contribution < 1.29 is 72.9 Å². The van der Waals surface area contributed by atoms with E-state index in [1.807, 2.05) is 0 Å². The minimum absolute atomic E-state index is 0.0300. The molecule has 0 fully saturated rings. The van der Waals surface area contributed by atoms with Crippen LogP contribution in [0.4, 0.5) is 0 Å². The molecule has 94 heavy (non-hydrogen) atoms. The Hall–Kier alpha value is -9.57. The number of rotatable bonds is 39. The first kappa shape index (κ1) is 76.9. The number of hydrogen-bond donors (Lipinski definition) is 15. The number of hydrogen-bond acceptors (Lipinski definition) is 16. The van der Waals surface area contributed by atoms with Crippen LogP contribution in [-0.4, -0.2) is 159 Å². The van der Waals surface area contributed by atoms with E-state index in [0.29, 0.717) is 23.1 Å². The summed E-state index contributed by atoms with van der Waals surface area (Å²) in [5.74, 6) is -13.4. The Morgan fingerprint density at radius 1 is 0.436 bits per heavy atom. The van der Waals surface area contributed by atoms with Gasteiger partial charge in [0.05, 0.1) is 18.9 Å². The molecule has 0 saturated carbocycles. The number of primary amides is 2. The molecule has 0 heterocycles. The maximum absolute atomic E-state index is 14.7. The van der Waals surface area contributed by atoms with Crippen LogP contribution in [0.25, 0.3) is 0 Å². The molecule has 11 amide bonds. The number of carboxylic acid groups (broad SMARTS) is 1. The third kappa shape index (κ3) is 26.2. The van der Waals surface area contributed by atoms with Crippen LogP contribution in [0.1, 0.15) is 95.9 Å². The van der Waals surface area contributed by atoms with Crippen LogP contribution in [0.5, 0.6) is 11.5 Å². The minimum Gasteiger partial charge on any atom is -0.508 e. The summed E-state index contributed by atoms with van der Waals surface area (Å²) in [6, 6.07) is 14.5.